The van der Waals surface area contributed by atoms with Crippen molar-refractivity contribution in [2.24, 2.45) is 0 Å². The standard InChI is InChI=1S/C21H21F3O3/c1-3-26-18-10-14(20(25)27-4-2)9-17(15-11-21(23,24)12-15)19(18)13-5-7-16(22)8-6-13/h5-10,15H,3-4,11-12H2,1-2H3. The molecule has 6 heteroatoms. The molecule has 2 aromatic rings. The van der Waals surface area contributed by atoms with Crippen LogP contribution < -0.4 is 4.74 Å². The minimum absolute atomic E-state index is 0.208. The number of carbonyl (C=O) groups is 1. The Kier molecular flexibility index (Phi) is 5.44. The van der Waals surface area contributed by atoms with E-state index in [-0.39, 0.29) is 25.0 Å². The van der Waals surface area contributed by atoms with Gasteiger partial charge in [0.1, 0.15) is 11.6 Å². The van der Waals surface area contributed by atoms with Crippen LogP contribution in [0, 0.1) is 5.82 Å². The summed E-state index contributed by atoms with van der Waals surface area (Å²) in [6, 6.07) is 8.93. The maximum atomic E-state index is 13.5. The van der Waals surface area contributed by atoms with Crippen LogP contribution in [0.5, 0.6) is 5.75 Å². The van der Waals surface area contributed by atoms with E-state index >= 15 is 0 Å². The molecule has 0 saturated heterocycles. The van der Waals surface area contributed by atoms with Gasteiger partial charge in [0.2, 0.25) is 5.92 Å². The van der Waals surface area contributed by atoms with E-state index in [0.29, 0.717) is 29.0 Å². The lowest BCUT2D eigenvalue weighted by Gasteiger charge is -2.37. The number of esters is 1. The Morgan fingerprint density at radius 2 is 1.78 bits per heavy atom. The number of ether oxygens (including phenoxy) is 2. The molecule has 0 N–H and O–H groups in total. The highest BCUT2D eigenvalue weighted by atomic mass is 19.3. The van der Waals surface area contributed by atoms with Crippen LogP contribution in [0.3, 0.4) is 0 Å². The van der Waals surface area contributed by atoms with Gasteiger partial charge in [0.25, 0.3) is 0 Å². The summed E-state index contributed by atoms with van der Waals surface area (Å²) >= 11 is 0. The monoisotopic (exact) mass is 378 g/mol. The zero-order valence-electron chi connectivity index (χ0n) is 15.2. The summed E-state index contributed by atoms with van der Waals surface area (Å²) in [5.74, 6) is -3.64. The first-order valence-corrected chi connectivity index (χ1v) is 8.96. The van der Waals surface area contributed by atoms with E-state index in [1.807, 2.05) is 0 Å². The van der Waals surface area contributed by atoms with Crippen molar-refractivity contribution in [1.82, 2.24) is 0 Å². The van der Waals surface area contributed by atoms with Crippen LogP contribution in [0.4, 0.5) is 13.2 Å². The molecule has 0 aliphatic heterocycles. The molecule has 0 atom stereocenters. The number of rotatable bonds is 6. The first-order chi connectivity index (χ1) is 12.8. The molecular formula is C21H21F3O3. The fraction of sp³-hybridized carbons (Fsp3) is 0.381. The number of alkyl halides is 2. The van der Waals surface area contributed by atoms with Crippen molar-refractivity contribution in [2.45, 2.75) is 38.5 Å². The van der Waals surface area contributed by atoms with Crippen LogP contribution in [0.25, 0.3) is 11.1 Å². The molecule has 0 aromatic heterocycles. The lowest BCUT2D eigenvalue weighted by Crippen LogP contribution is -2.34. The van der Waals surface area contributed by atoms with Crippen molar-refractivity contribution in [3.8, 4) is 16.9 Å². The molecule has 3 nitrogen and oxygen atoms in total. The number of halogens is 3. The van der Waals surface area contributed by atoms with Crippen LogP contribution in [-0.2, 0) is 4.74 Å². The molecule has 0 spiro atoms. The van der Waals surface area contributed by atoms with Gasteiger partial charge in [-0.3, -0.25) is 0 Å². The largest absolute Gasteiger partial charge is 0.493 e. The molecule has 0 unspecified atom stereocenters. The summed E-state index contributed by atoms with van der Waals surface area (Å²) in [4.78, 5) is 12.2. The van der Waals surface area contributed by atoms with Gasteiger partial charge in [0.05, 0.1) is 18.8 Å². The molecule has 0 bridgehead atoms. The fourth-order valence-corrected chi connectivity index (χ4v) is 3.37. The minimum atomic E-state index is -2.71. The van der Waals surface area contributed by atoms with Gasteiger partial charge in [0.15, 0.2) is 0 Å². The first kappa shape index (κ1) is 19.3. The highest BCUT2D eigenvalue weighted by Crippen LogP contribution is 2.52. The van der Waals surface area contributed by atoms with Gasteiger partial charge in [-0.05, 0) is 55.2 Å². The number of hydrogen-bond donors (Lipinski definition) is 0. The highest BCUT2D eigenvalue weighted by molar-refractivity contribution is 5.92. The van der Waals surface area contributed by atoms with Gasteiger partial charge in [-0.25, -0.2) is 18.0 Å². The van der Waals surface area contributed by atoms with Crippen molar-refractivity contribution in [1.29, 1.82) is 0 Å². The average molecular weight is 378 g/mol. The number of benzene rings is 2. The van der Waals surface area contributed by atoms with Gasteiger partial charge < -0.3 is 9.47 Å². The van der Waals surface area contributed by atoms with Crippen molar-refractivity contribution in [2.75, 3.05) is 13.2 Å². The molecule has 2 aromatic carbocycles. The Labute approximate surface area is 156 Å². The van der Waals surface area contributed by atoms with Crippen LogP contribution >= 0.6 is 0 Å². The van der Waals surface area contributed by atoms with Crippen molar-refractivity contribution in [3.63, 3.8) is 0 Å². The zero-order valence-corrected chi connectivity index (χ0v) is 15.2. The third-order valence-electron chi connectivity index (χ3n) is 4.61. The third kappa shape index (κ3) is 4.10. The Morgan fingerprint density at radius 3 is 2.33 bits per heavy atom. The summed E-state index contributed by atoms with van der Waals surface area (Å²) < 4.78 is 51.2. The molecule has 1 aliphatic rings. The van der Waals surface area contributed by atoms with Crippen molar-refractivity contribution < 1.29 is 27.4 Å². The predicted molar refractivity (Wildman–Crippen MR) is 95.9 cm³/mol. The highest BCUT2D eigenvalue weighted by Gasteiger charge is 2.47. The van der Waals surface area contributed by atoms with E-state index < -0.39 is 23.6 Å². The summed E-state index contributed by atoms with van der Waals surface area (Å²) in [5.41, 5.74) is 2.13. The van der Waals surface area contributed by atoms with E-state index in [4.69, 9.17) is 9.47 Å². The Hall–Kier alpha value is -2.50. The second-order valence-corrected chi connectivity index (χ2v) is 6.56. The summed E-state index contributed by atoms with van der Waals surface area (Å²) in [6.45, 7) is 4.03. The van der Waals surface area contributed by atoms with Crippen molar-refractivity contribution >= 4 is 5.97 Å². The fourth-order valence-electron chi connectivity index (χ4n) is 3.37. The molecular weight excluding hydrogens is 357 g/mol. The normalized spacial score (nSPS) is 15.9. The van der Waals surface area contributed by atoms with Crippen LogP contribution in [-0.4, -0.2) is 25.1 Å². The van der Waals surface area contributed by atoms with Gasteiger partial charge in [-0.15, -0.1) is 0 Å². The second-order valence-electron chi connectivity index (χ2n) is 6.56. The van der Waals surface area contributed by atoms with Gasteiger partial charge in [-0.1, -0.05) is 12.1 Å². The Morgan fingerprint density at radius 1 is 1.11 bits per heavy atom. The van der Waals surface area contributed by atoms with E-state index in [9.17, 15) is 18.0 Å². The molecule has 1 fully saturated rings. The Balaban J connectivity index is 2.15. The lowest BCUT2D eigenvalue weighted by molar-refractivity contribution is -0.0866. The van der Waals surface area contributed by atoms with Crippen LogP contribution in [0.1, 0.15) is 48.5 Å². The SMILES string of the molecule is CCOC(=O)c1cc(OCC)c(-c2ccc(F)cc2)c(C2CC(F)(F)C2)c1. The summed E-state index contributed by atoms with van der Waals surface area (Å²) in [5, 5.41) is 0. The van der Waals surface area contributed by atoms with E-state index in [1.54, 1.807) is 38.1 Å². The molecule has 0 radical (unpaired) electrons. The van der Waals surface area contributed by atoms with Gasteiger partial charge in [-0.2, -0.15) is 0 Å². The third-order valence-corrected chi connectivity index (χ3v) is 4.61. The number of hydrogen-bond acceptors (Lipinski definition) is 3. The second kappa shape index (κ2) is 7.62. The van der Waals surface area contributed by atoms with E-state index in [2.05, 4.69) is 0 Å². The van der Waals surface area contributed by atoms with Crippen LogP contribution in [0.15, 0.2) is 36.4 Å². The maximum Gasteiger partial charge on any atom is 0.338 e. The molecule has 144 valence electrons. The first-order valence-electron chi connectivity index (χ1n) is 8.96. The van der Waals surface area contributed by atoms with Gasteiger partial charge in [0, 0.05) is 18.4 Å². The molecule has 0 amide bonds. The maximum absolute atomic E-state index is 13.5. The molecule has 1 saturated carbocycles. The minimum Gasteiger partial charge on any atom is -0.493 e. The van der Waals surface area contributed by atoms with Crippen molar-refractivity contribution in [3.05, 3.63) is 53.3 Å². The zero-order chi connectivity index (χ0) is 19.6. The average Bonchev–Trinajstić information content (AvgIpc) is 2.60. The smallest absolute Gasteiger partial charge is 0.338 e. The molecule has 1 aliphatic carbocycles. The summed E-state index contributed by atoms with van der Waals surface area (Å²) in [7, 11) is 0. The quantitative estimate of drug-likeness (QED) is 0.616. The predicted octanol–water partition coefficient (Wildman–Crippen LogP) is 5.58. The van der Waals surface area contributed by atoms with Crippen LogP contribution in [0.2, 0.25) is 0 Å². The molecule has 27 heavy (non-hydrogen) atoms. The molecule has 0 heterocycles. The van der Waals surface area contributed by atoms with Gasteiger partial charge >= 0.3 is 5.97 Å². The summed E-state index contributed by atoms with van der Waals surface area (Å²) in [6.07, 6.45) is -0.585. The lowest BCUT2D eigenvalue weighted by atomic mass is 9.73. The Bertz CT molecular complexity index is 823. The van der Waals surface area contributed by atoms with E-state index in [1.165, 1.54) is 12.1 Å². The number of carbonyl (C=O) groups excluding carboxylic acids is 1. The molecule has 3 rings (SSSR count). The topological polar surface area (TPSA) is 35.5 Å². The van der Waals surface area contributed by atoms with E-state index in [0.717, 1.165) is 0 Å².